The highest BCUT2D eigenvalue weighted by Gasteiger charge is 2.31. The van der Waals surface area contributed by atoms with E-state index in [4.69, 9.17) is 19.2 Å². The lowest BCUT2D eigenvalue weighted by Gasteiger charge is -2.36. The number of nitrogens with zero attached hydrogens (tertiary/aromatic N) is 3. The van der Waals surface area contributed by atoms with Crippen molar-refractivity contribution in [2.24, 2.45) is 16.8 Å². The van der Waals surface area contributed by atoms with E-state index in [-0.39, 0.29) is 16.7 Å². The summed E-state index contributed by atoms with van der Waals surface area (Å²) in [6, 6.07) is 10.7. The number of thiazole rings is 1. The average molecular weight is 498 g/mol. The highest BCUT2D eigenvalue weighted by Crippen LogP contribution is 2.44. The standard InChI is InChI=1S/C26H31N3O5S/c1-16-9-8-12-20(17(16)2)28-22(18-13-23(32-3)25(34-5)24(14-18)33-4)15-35-26(28)27-19-10-6-7-11-21(19)29(30)31/h6-7,10-11,13-17,20H,8-9,12H2,1-5H3. The first kappa shape index (κ1) is 24.8. The summed E-state index contributed by atoms with van der Waals surface area (Å²) in [5.41, 5.74) is 2.22. The van der Waals surface area contributed by atoms with Gasteiger partial charge in [-0.05, 0) is 36.5 Å². The predicted molar refractivity (Wildman–Crippen MR) is 137 cm³/mol. The summed E-state index contributed by atoms with van der Waals surface area (Å²) in [6.45, 7) is 4.58. The molecular formula is C26H31N3O5S. The topological polar surface area (TPSA) is 88.1 Å². The van der Waals surface area contributed by atoms with Crippen molar-refractivity contribution in [1.29, 1.82) is 0 Å². The molecule has 0 N–H and O–H groups in total. The van der Waals surface area contributed by atoms with Gasteiger partial charge < -0.3 is 18.8 Å². The van der Waals surface area contributed by atoms with Crippen LogP contribution in [0.15, 0.2) is 46.8 Å². The molecule has 4 rings (SSSR count). The number of ether oxygens (including phenoxy) is 3. The van der Waals surface area contributed by atoms with Crippen LogP contribution in [-0.4, -0.2) is 30.8 Å². The highest BCUT2D eigenvalue weighted by atomic mass is 32.1. The fourth-order valence-electron chi connectivity index (χ4n) is 4.90. The third kappa shape index (κ3) is 4.77. The van der Waals surface area contributed by atoms with E-state index in [0.29, 0.717) is 34.8 Å². The Morgan fingerprint density at radius 2 is 1.74 bits per heavy atom. The van der Waals surface area contributed by atoms with Crippen LogP contribution in [0.25, 0.3) is 11.3 Å². The van der Waals surface area contributed by atoms with Crippen molar-refractivity contribution < 1.29 is 19.1 Å². The summed E-state index contributed by atoms with van der Waals surface area (Å²) in [5.74, 6) is 2.66. The molecule has 8 nitrogen and oxygen atoms in total. The minimum absolute atomic E-state index is 0.00755. The van der Waals surface area contributed by atoms with E-state index >= 15 is 0 Å². The molecule has 3 atom stereocenters. The molecule has 0 amide bonds. The smallest absolute Gasteiger partial charge is 0.294 e. The maximum Gasteiger partial charge on any atom is 0.294 e. The first-order valence-electron chi connectivity index (χ1n) is 11.7. The van der Waals surface area contributed by atoms with Crippen molar-refractivity contribution in [3.8, 4) is 28.5 Å². The Bertz CT molecular complexity index is 1260. The molecule has 186 valence electrons. The van der Waals surface area contributed by atoms with Crippen LogP contribution in [0.4, 0.5) is 11.4 Å². The maximum absolute atomic E-state index is 11.6. The Morgan fingerprint density at radius 3 is 2.37 bits per heavy atom. The summed E-state index contributed by atoms with van der Waals surface area (Å²) in [5, 5.41) is 13.7. The van der Waals surface area contributed by atoms with Crippen LogP contribution in [0, 0.1) is 22.0 Å². The number of para-hydroxylation sites is 2. The molecule has 0 bridgehead atoms. The maximum atomic E-state index is 11.6. The molecular weight excluding hydrogens is 466 g/mol. The number of rotatable bonds is 7. The van der Waals surface area contributed by atoms with Crippen molar-refractivity contribution in [3.63, 3.8) is 0 Å². The van der Waals surface area contributed by atoms with E-state index < -0.39 is 0 Å². The van der Waals surface area contributed by atoms with E-state index in [0.717, 1.165) is 28.9 Å². The number of hydrogen-bond acceptors (Lipinski definition) is 7. The molecule has 0 radical (unpaired) electrons. The fraction of sp³-hybridized carbons (Fsp3) is 0.423. The van der Waals surface area contributed by atoms with Gasteiger partial charge in [0, 0.05) is 23.1 Å². The van der Waals surface area contributed by atoms with Crippen molar-refractivity contribution in [2.75, 3.05) is 21.3 Å². The molecule has 1 aliphatic carbocycles. The Balaban J connectivity index is 1.97. The molecule has 9 heteroatoms. The van der Waals surface area contributed by atoms with Gasteiger partial charge in [0.05, 0.1) is 31.9 Å². The van der Waals surface area contributed by atoms with Gasteiger partial charge in [0.15, 0.2) is 16.3 Å². The van der Waals surface area contributed by atoms with Gasteiger partial charge in [0.2, 0.25) is 5.75 Å². The lowest BCUT2D eigenvalue weighted by atomic mass is 9.78. The number of benzene rings is 2. The second-order valence-corrected chi connectivity index (χ2v) is 9.72. The minimum Gasteiger partial charge on any atom is -0.493 e. The van der Waals surface area contributed by atoms with Crippen LogP contribution in [0.5, 0.6) is 17.2 Å². The third-order valence-corrected chi connectivity index (χ3v) is 7.83. The SMILES string of the molecule is COc1cc(-c2csc(=Nc3ccccc3[N+](=O)[O-])n2C2CCCC(C)C2C)cc(OC)c1OC. The molecule has 3 unspecified atom stereocenters. The van der Waals surface area contributed by atoms with E-state index in [2.05, 4.69) is 23.8 Å². The number of nitro groups is 1. The zero-order chi connectivity index (χ0) is 25.1. The lowest BCUT2D eigenvalue weighted by Crippen LogP contribution is -2.32. The fourth-order valence-corrected chi connectivity index (χ4v) is 5.86. The van der Waals surface area contributed by atoms with Crippen molar-refractivity contribution in [3.05, 3.63) is 56.7 Å². The van der Waals surface area contributed by atoms with Crippen molar-refractivity contribution in [1.82, 2.24) is 4.57 Å². The molecule has 1 aromatic heterocycles. The van der Waals surface area contributed by atoms with Gasteiger partial charge >= 0.3 is 0 Å². The van der Waals surface area contributed by atoms with Crippen LogP contribution < -0.4 is 19.0 Å². The zero-order valence-corrected chi connectivity index (χ0v) is 21.5. The van der Waals surface area contributed by atoms with Gasteiger partial charge in [-0.2, -0.15) is 0 Å². The number of aromatic nitrogens is 1. The molecule has 0 aliphatic heterocycles. The summed E-state index contributed by atoms with van der Waals surface area (Å²) < 4.78 is 19.0. The largest absolute Gasteiger partial charge is 0.493 e. The Kier molecular flexibility index (Phi) is 7.45. The second kappa shape index (κ2) is 10.5. The van der Waals surface area contributed by atoms with Crippen LogP contribution in [0.3, 0.4) is 0 Å². The minimum atomic E-state index is -0.387. The zero-order valence-electron chi connectivity index (χ0n) is 20.7. The normalized spacial score (nSPS) is 20.5. The molecule has 0 saturated heterocycles. The van der Waals surface area contributed by atoms with E-state index in [1.54, 1.807) is 39.5 Å². The van der Waals surface area contributed by atoms with Crippen LogP contribution in [0.1, 0.15) is 39.2 Å². The first-order chi connectivity index (χ1) is 16.9. The van der Waals surface area contributed by atoms with Crippen LogP contribution >= 0.6 is 11.3 Å². The van der Waals surface area contributed by atoms with E-state index in [1.165, 1.54) is 23.8 Å². The van der Waals surface area contributed by atoms with E-state index in [1.807, 2.05) is 12.1 Å². The monoisotopic (exact) mass is 497 g/mol. The molecule has 35 heavy (non-hydrogen) atoms. The lowest BCUT2D eigenvalue weighted by molar-refractivity contribution is -0.384. The number of hydrogen-bond donors (Lipinski definition) is 0. The van der Waals surface area contributed by atoms with Gasteiger partial charge in [-0.3, -0.25) is 10.1 Å². The summed E-state index contributed by atoms with van der Waals surface area (Å²) >= 11 is 1.48. The molecule has 2 aromatic carbocycles. The van der Waals surface area contributed by atoms with Gasteiger partial charge in [-0.1, -0.05) is 38.8 Å². The average Bonchev–Trinajstić information content (AvgIpc) is 3.28. The molecule has 1 heterocycles. The van der Waals surface area contributed by atoms with Crippen molar-refractivity contribution in [2.45, 2.75) is 39.2 Å². The van der Waals surface area contributed by atoms with Gasteiger partial charge in [0.1, 0.15) is 5.69 Å². The summed E-state index contributed by atoms with van der Waals surface area (Å²) in [4.78, 5) is 16.8. The van der Waals surface area contributed by atoms with Gasteiger partial charge in [-0.25, -0.2) is 4.99 Å². The van der Waals surface area contributed by atoms with Crippen LogP contribution in [0.2, 0.25) is 0 Å². The summed E-state index contributed by atoms with van der Waals surface area (Å²) in [6.07, 6.45) is 3.33. The second-order valence-electron chi connectivity index (χ2n) is 8.88. The van der Waals surface area contributed by atoms with Gasteiger partial charge in [0.25, 0.3) is 5.69 Å². The Morgan fingerprint density at radius 1 is 1.06 bits per heavy atom. The summed E-state index contributed by atoms with van der Waals surface area (Å²) in [7, 11) is 4.78. The molecule has 1 saturated carbocycles. The Labute approximate surface area is 209 Å². The van der Waals surface area contributed by atoms with Crippen molar-refractivity contribution >= 4 is 22.7 Å². The molecule has 3 aromatic rings. The van der Waals surface area contributed by atoms with E-state index in [9.17, 15) is 10.1 Å². The third-order valence-electron chi connectivity index (χ3n) is 6.99. The number of nitro benzene ring substituents is 1. The molecule has 1 aliphatic rings. The molecule has 0 spiro atoms. The first-order valence-corrected chi connectivity index (χ1v) is 12.6. The highest BCUT2D eigenvalue weighted by molar-refractivity contribution is 7.07. The van der Waals surface area contributed by atoms with Crippen LogP contribution in [-0.2, 0) is 0 Å². The predicted octanol–water partition coefficient (Wildman–Crippen LogP) is 6.38. The number of methoxy groups -OCH3 is 3. The Hall–Kier alpha value is -3.33. The van der Waals surface area contributed by atoms with Gasteiger partial charge in [-0.15, -0.1) is 11.3 Å². The molecule has 1 fully saturated rings. The quantitative estimate of drug-likeness (QED) is 0.279.